The fourth-order valence-corrected chi connectivity index (χ4v) is 2.23. The van der Waals surface area contributed by atoms with E-state index in [0.29, 0.717) is 0 Å². The Morgan fingerprint density at radius 1 is 1.47 bits per heavy atom. The van der Waals surface area contributed by atoms with Crippen molar-refractivity contribution in [3.63, 3.8) is 0 Å². The normalized spacial score (nSPS) is 27.1. The molecular weight excluding hydrogens is 190 g/mol. The van der Waals surface area contributed by atoms with E-state index in [1.165, 1.54) is 0 Å². The number of nitrogens with zero attached hydrogens (tertiary/aromatic N) is 1. The second kappa shape index (κ2) is 5.50. The third kappa shape index (κ3) is 2.94. The van der Waals surface area contributed by atoms with Crippen molar-refractivity contribution < 1.29 is 9.90 Å². The molecule has 0 aromatic heterocycles. The van der Waals surface area contributed by atoms with Crippen molar-refractivity contribution in [2.45, 2.75) is 46.1 Å². The summed E-state index contributed by atoms with van der Waals surface area (Å²) in [6.07, 6.45) is 2.34. The average molecular weight is 213 g/mol. The summed E-state index contributed by atoms with van der Waals surface area (Å²) in [5.41, 5.74) is 0. The Bertz CT molecular complexity index is 214. The monoisotopic (exact) mass is 213 g/mol. The van der Waals surface area contributed by atoms with Crippen LogP contribution in [0.2, 0.25) is 0 Å². The fourth-order valence-electron chi connectivity index (χ4n) is 2.23. The van der Waals surface area contributed by atoms with Crippen LogP contribution in [-0.4, -0.2) is 35.1 Å². The van der Waals surface area contributed by atoms with Gasteiger partial charge in [0.2, 0.25) is 5.91 Å². The second-order valence-electron chi connectivity index (χ2n) is 4.63. The molecule has 1 aliphatic heterocycles. The zero-order valence-corrected chi connectivity index (χ0v) is 10.1. The molecule has 0 aromatic rings. The van der Waals surface area contributed by atoms with E-state index in [1.807, 2.05) is 11.8 Å². The van der Waals surface area contributed by atoms with Crippen LogP contribution in [0.5, 0.6) is 0 Å². The Balaban J connectivity index is 2.53. The molecule has 0 spiro atoms. The van der Waals surface area contributed by atoms with Gasteiger partial charge in [0.05, 0.1) is 6.10 Å². The number of carbonyl (C=O) groups excluding carboxylic acids is 1. The highest BCUT2D eigenvalue weighted by molar-refractivity contribution is 5.78. The maximum Gasteiger partial charge on any atom is 0.225 e. The minimum absolute atomic E-state index is 0.174. The van der Waals surface area contributed by atoms with Crippen LogP contribution in [0.3, 0.4) is 0 Å². The molecule has 2 atom stereocenters. The summed E-state index contributed by atoms with van der Waals surface area (Å²) in [4.78, 5) is 14.0. The highest BCUT2D eigenvalue weighted by Crippen LogP contribution is 2.20. The van der Waals surface area contributed by atoms with E-state index in [2.05, 4.69) is 13.8 Å². The number of rotatable bonds is 3. The van der Waals surface area contributed by atoms with E-state index < -0.39 is 0 Å². The molecule has 1 N–H and O–H groups in total. The van der Waals surface area contributed by atoms with Gasteiger partial charge in [-0.2, -0.15) is 0 Å². The maximum atomic E-state index is 12.1. The van der Waals surface area contributed by atoms with Gasteiger partial charge in [-0.15, -0.1) is 0 Å². The lowest BCUT2D eigenvalue weighted by Gasteiger charge is -2.36. The number of hydrogen-bond donors (Lipinski definition) is 1. The topological polar surface area (TPSA) is 40.5 Å². The molecule has 1 saturated heterocycles. The Kier molecular flexibility index (Phi) is 4.58. The number of piperidine rings is 1. The molecule has 3 heteroatoms. The summed E-state index contributed by atoms with van der Waals surface area (Å²) < 4.78 is 0. The molecule has 3 nitrogen and oxygen atoms in total. The number of amides is 1. The first-order chi connectivity index (χ1) is 7.10. The van der Waals surface area contributed by atoms with Crippen molar-refractivity contribution >= 4 is 5.91 Å². The van der Waals surface area contributed by atoms with E-state index in [1.54, 1.807) is 0 Å². The van der Waals surface area contributed by atoms with Crippen LogP contribution >= 0.6 is 0 Å². The van der Waals surface area contributed by atoms with Crippen molar-refractivity contribution in [2.75, 3.05) is 13.1 Å². The van der Waals surface area contributed by atoms with Gasteiger partial charge in [-0.25, -0.2) is 0 Å². The van der Waals surface area contributed by atoms with Gasteiger partial charge in [0.15, 0.2) is 0 Å². The maximum absolute atomic E-state index is 12.1. The Morgan fingerprint density at radius 3 is 2.53 bits per heavy atom. The SMILES string of the molecule is CCC(CC)C(=O)N1CCC(O)C(C)C1. The van der Waals surface area contributed by atoms with Gasteiger partial charge in [-0.05, 0) is 25.2 Å². The molecule has 1 heterocycles. The number of aliphatic hydroxyl groups is 1. The van der Waals surface area contributed by atoms with Gasteiger partial charge in [0.1, 0.15) is 0 Å². The van der Waals surface area contributed by atoms with Gasteiger partial charge in [0, 0.05) is 19.0 Å². The van der Waals surface area contributed by atoms with Crippen molar-refractivity contribution in [3.8, 4) is 0 Å². The molecule has 1 amide bonds. The molecule has 0 saturated carbocycles. The van der Waals surface area contributed by atoms with E-state index in [-0.39, 0.29) is 23.8 Å². The first-order valence-corrected chi connectivity index (χ1v) is 6.06. The molecule has 0 bridgehead atoms. The van der Waals surface area contributed by atoms with Crippen molar-refractivity contribution in [1.29, 1.82) is 0 Å². The standard InChI is InChI=1S/C12H23NO2/c1-4-10(5-2)12(15)13-7-6-11(14)9(3)8-13/h9-11,14H,4-8H2,1-3H3. The smallest absolute Gasteiger partial charge is 0.225 e. The predicted molar refractivity (Wildman–Crippen MR) is 60.4 cm³/mol. The third-order valence-corrected chi connectivity index (χ3v) is 3.51. The number of carbonyl (C=O) groups is 1. The van der Waals surface area contributed by atoms with Gasteiger partial charge in [-0.1, -0.05) is 20.8 Å². The summed E-state index contributed by atoms with van der Waals surface area (Å²) >= 11 is 0. The van der Waals surface area contributed by atoms with Gasteiger partial charge < -0.3 is 10.0 Å². The van der Waals surface area contributed by atoms with Crippen molar-refractivity contribution in [1.82, 2.24) is 4.90 Å². The third-order valence-electron chi connectivity index (χ3n) is 3.51. The Morgan fingerprint density at radius 2 is 2.07 bits per heavy atom. The second-order valence-corrected chi connectivity index (χ2v) is 4.63. The Labute approximate surface area is 92.5 Å². The molecule has 0 radical (unpaired) electrons. The highest BCUT2D eigenvalue weighted by atomic mass is 16.3. The molecule has 1 aliphatic rings. The zero-order chi connectivity index (χ0) is 11.4. The molecule has 1 rings (SSSR count). The van der Waals surface area contributed by atoms with Gasteiger partial charge >= 0.3 is 0 Å². The zero-order valence-electron chi connectivity index (χ0n) is 10.1. The van der Waals surface area contributed by atoms with Crippen LogP contribution in [0.1, 0.15) is 40.0 Å². The van der Waals surface area contributed by atoms with Crippen LogP contribution < -0.4 is 0 Å². The average Bonchev–Trinajstić information content (AvgIpc) is 2.23. The van der Waals surface area contributed by atoms with Crippen molar-refractivity contribution in [2.24, 2.45) is 11.8 Å². The molecule has 15 heavy (non-hydrogen) atoms. The van der Waals surface area contributed by atoms with Crippen LogP contribution in [0.15, 0.2) is 0 Å². The fraction of sp³-hybridized carbons (Fsp3) is 0.917. The molecule has 0 aromatic carbocycles. The summed E-state index contributed by atoms with van der Waals surface area (Å²) in [6, 6.07) is 0. The summed E-state index contributed by atoms with van der Waals surface area (Å²) in [7, 11) is 0. The Hall–Kier alpha value is -0.570. The minimum atomic E-state index is -0.226. The summed E-state index contributed by atoms with van der Waals surface area (Å²) in [5, 5.41) is 9.59. The lowest BCUT2D eigenvalue weighted by atomic mass is 9.94. The lowest BCUT2D eigenvalue weighted by Crippen LogP contribution is -2.47. The first kappa shape index (κ1) is 12.5. The summed E-state index contributed by atoms with van der Waals surface area (Å²) in [5.74, 6) is 0.670. The largest absolute Gasteiger partial charge is 0.393 e. The quantitative estimate of drug-likeness (QED) is 0.774. The van der Waals surface area contributed by atoms with E-state index in [4.69, 9.17) is 0 Å². The lowest BCUT2D eigenvalue weighted by molar-refractivity contribution is -0.139. The molecule has 2 unspecified atom stereocenters. The predicted octanol–water partition coefficient (Wildman–Crippen LogP) is 1.65. The minimum Gasteiger partial charge on any atom is -0.393 e. The van der Waals surface area contributed by atoms with Gasteiger partial charge in [0.25, 0.3) is 0 Å². The molecular formula is C12H23NO2. The molecule has 0 aliphatic carbocycles. The molecule has 1 fully saturated rings. The van der Waals surface area contributed by atoms with E-state index in [9.17, 15) is 9.90 Å². The first-order valence-electron chi connectivity index (χ1n) is 6.06. The number of aliphatic hydroxyl groups excluding tert-OH is 1. The van der Waals surface area contributed by atoms with Gasteiger partial charge in [-0.3, -0.25) is 4.79 Å². The van der Waals surface area contributed by atoms with Crippen LogP contribution in [0, 0.1) is 11.8 Å². The van der Waals surface area contributed by atoms with Crippen LogP contribution in [0.4, 0.5) is 0 Å². The number of likely N-dealkylation sites (tertiary alicyclic amines) is 1. The van der Waals surface area contributed by atoms with Crippen LogP contribution in [-0.2, 0) is 4.79 Å². The van der Waals surface area contributed by atoms with E-state index >= 15 is 0 Å². The number of hydrogen-bond acceptors (Lipinski definition) is 2. The van der Waals surface area contributed by atoms with Crippen LogP contribution in [0.25, 0.3) is 0 Å². The molecule has 88 valence electrons. The van der Waals surface area contributed by atoms with Crippen molar-refractivity contribution in [3.05, 3.63) is 0 Å². The van der Waals surface area contributed by atoms with E-state index in [0.717, 1.165) is 32.4 Å². The highest BCUT2D eigenvalue weighted by Gasteiger charge is 2.29. The summed E-state index contributed by atoms with van der Waals surface area (Å²) in [6.45, 7) is 7.58.